The summed E-state index contributed by atoms with van der Waals surface area (Å²) >= 11 is 0. The molecular weight excluding hydrogens is 451 g/mol. The summed E-state index contributed by atoms with van der Waals surface area (Å²) in [5, 5.41) is 3.17. The molecule has 2 heterocycles. The minimum Gasteiger partial charge on any atom is -0.489 e. The van der Waals surface area contributed by atoms with Gasteiger partial charge in [-0.15, -0.1) is 0 Å². The molecule has 1 saturated heterocycles. The summed E-state index contributed by atoms with van der Waals surface area (Å²) in [6, 6.07) is 8.77. The number of hydrogen-bond acceptors (Lipinski definition) is 6. The van der Waals surface area contributed by atoms with E-state index in [4.69, 9.17) is 13.9 Å². The summed E-state index contributed by atoms with van der Waals surface area (Å²) in [4.78, 5) is 13.1. The molecule has 1 aromatic heterocycles. The van der Waals surface area contributed by atoms with E-state index >= 15 is 0 Å². The van der Waals surface area contributed by atoms with Gasteiger partial charge in [0, 0.05) is 24.0 Å². The monoisotopic (exact) mass is 476 g/mol. The van der Waals surface area contributed by atoms with Gasteiger partial charge in [0.1, 0.15) is 5.75 Å². The molecule has 0 unspecified atom stereocenters. The van der Waals surface area contributed by atoms with Crippen LogP contribution in [0.3, 0.4) is 0 Å². The molecule has 176 valence electrons. The fourth-order valence-corrected chi connectivity index (χ4v) is 5.10. The number of amides is 1. The number of nitrogens with zero attached hydrogens (tertiary/aromatic N) is 1. The van der Waals surface area contributed by atoms with E-state index in [1.807, 2.05) is 13.8 Å². The van der Waals surface area contributed by atoms with Gasteiger partial charge in [-0.25, -0.2) is 12.8 Å². The Bertz CT molecular complexity index is 1300. The van der Waals surface area contributed by atoms with E-state index in [0.717, 1.165) is 0 Å². The highest BCUT2D eigenvalue weighted by Crippen LogP contribution is 2.32. The molecule has 0 aliphatic carbocycles. The first-order chi connectivity index (χ1) is 15.7. The third-order valence-corrected chi connectivity index (χ3v) is 7.19. The van der Waals surface area contributed by atoms with Crippen molar-refractivity contribution in [2.45, 2.75) is 31.8 Å². The fourth-order valence-electron chi connectivity index (χ4n) is 3.66. The van der Waals surface area contributed by atoms with Gasteiger partial charge in [-0.3, -0.25) is 4.79 Å². The number of nitrogens with one attached hydrogen (secondary N) is 1. The topological polar surface area (TPSA) is 98.1 Å². The maximum absolute atomic E-state index is 14.1. The number of aryl methyl sites for hydroxylation is 1. The smallest absolute Gasteiger partial charge is 0.291 e. The number of halogens is 1. The molecule has 1 fully saturated rings. The van der Waals surface area contributed by atoms with Gasteiger partial charge >= 0.3 is 0 Å². The number of anilines is 1. The van der Waals surface area contributed by atoms with E-state index in [0.29, 0.717) is 29.9 Å². The van der Waals surface area contributed by atoms with Crippen LogP contribution in [0.25, 0.3) is 11.0 Å². The highest BCUT2D eigenvalue weighted by atomic mass is 32.2. The summed E-state index contributed by atoms with van der Waals surface area (Å²) in [6.45, 7) is 6.42. The molecule has 1 amide bonds. The molecule has 0 atom stereocenters. The number of furan rings is 1. The van der Waals surface area contributed by atoms with Crippen molar-refractivity contribution < 1.29 is 31.5 Å². The van der Waals surface area contributed by atoms with Crippen LogP contribution in [0, 0.1) is 12.7 Å². The SMILES string of the molecule is Cc1c(C(=O)Nc2cc(S(=O)(=O)N3CCOCC3)ccc2OC(C)C)oc2c(F)cccc12. The first kappa shape index (κ1) is 23.2. The Balaban J connectivity index is 1.71. The predicted octanol–water partition coefficient (Wildman–Crippen LogP) is 3.94. The van der Waals surface area contributed by atoms with Crippen LogP contribution in [0.1, 0.15) is 30.0 Å². The van der Waals surface area contributed by atoms with Crippen molar-refractivity contribution in [1.82, 2.24) is 4.31 Å². The number of fused-ring (bicyclic) bond motifs is 1. The van der Waals surface area contributed by atoms with Crippen molar-refractivity contribution in [3.8, 4) is 5.75 Å². The van der Waals surface area contributed by atoms with Crippen molar-refractivity contribution in [3.05, 3.63) is 53.5 Å². The molecular formula is C23H25FN2O6S. The van der Waals surface area contributed by atoms with Crippen molar-refractivity contribution >= 4 is 32.6 Å². The number of morpholine rings is 1. The number of carbonyl (C=O) groups excluding carboxylic acids is 1. The van der Waals surface area contributed by atoms with Crippen LogP contribution in [0.5, 0.6) is 5.75 Å². The molecule has 0 bridgehead atoms. The molecule has 1 aliphatic heterocycles. The Morgan fingerprint density at radius 3 is 2.58 bits per heavy atom. The van der Waals surface area contributed by atoms with Crippen LogP contribution in [-0.4, -0.2) is 51.0 Å². The summed E-state index contributed by atoms with van der Waals surface area (Å²) < 4.78 is 58.2. The van der Waals surface area contributed by atoms with Crippen molar-refractivity contribution in [2.75, 3.05) is 31.6 Å². The first-order valence-corrected chi connectivity index (χ1v) is 12.0. The van der Waals surface area contributed by atoms with Crippen LogP contribution < -0.4 is 10.1 Å². The first-order valence-electron chi connectivity index (χ1n) is 10.6. The number of para-hydroxylation sites is 1. The number of hydrogen-bond donors (Lipinski definition) is 1. The molecule has 4 rings (SSSR count). The molecule has 1 aliphatic rings. The number of carbonyl (C=O) groups is 1. The minimum absolute atomic E-state index is 0.0116. The Morgan fingerprint density at radius 2 is 1.91 bits per heavy atom. The van der Waals surface area contributed by atoms with Crippen molar-refractivity contribution in [3.63, 3.8) is 0 Å². The average Bonchev–Trinajstić information content (AvgIpc) is 3.13. The third-order valence-electron chi connectivity index (χ3n) is 5.29. The Kier molecular flexibility index (Phi) is 6.42. The van der Waals surface area contributed by atoms with Gasteiger partial charge in [0.25, 0.3) is 5.91 Å². The van der Waals surface area contributed by atoms with Gasteiger partial charge in [-0.05, 0) is 45.0 Å². The van der Waals surface area contributed by atoms with Crippen LogP contribution in [0.2, 0.25) is 0 Å². The van der Waals surface area contributed by atoms with Crippen molar-refractivity contribution in [2.24, 2.45) is 0 Å². The van der Waals surface area contributed by atoms with Crippen molar-refractivity contribution in [1.29, 1.82) is 0 Å². The van der Waals surface area contributed by atoms with E-state index in [2.05, 4.69) is 5.32 Å². The highest BCUT2D eigenvalue weighted by molar-refractivity contribution is 7.89. The normalized spacial score (nSPS) is 15.2. The Hall–Kier alpha value is -2.95. The van der Waals surface area contributed by atoms with Gasteiger partial charge in [0.2, 0.25) is 10.0 Å². The molecule has 10 heteroatoms. The molecule has 2 aromatic carbocycles. The molecule has 1 N–H and O–H groups in total. The van der Waals surface area contributed by atoms with E-state index in [-0.39, 0.29) is 41.1 Å². The number of rotatable bonds is 6. The zero-order valence-electron chi connectivity index (χ0n) is 18.6. The van der Waals surface area contributed by atoms with E-state index in [1.54, 1.807) is 13.0 Å². The highest BCUT2D eigenvalue weighted by Gasteiger charge is 2.28. The van der Waals surface area contributed by atoms with Crippen LogP contribution in [-0.2, 0) is 14.8 Å². The van der Waals surface area contributed by atoms with Gasteiger partial charge in [-0.1, -0.05) is 12.1 Å². The largest absolute Gasteiger partial charge is 0.489 e. The lowest BCUT2D eigenvalue weighted by Crippen LogP contribution is -2.40. The lowest BCUT2D eigenvalue weighted by atomic mass is 10.1. The maximum Gasteiger partial charge on any atom is 0.291 e. The molecule has 33 heavy (non-hydrogen) atoms. The van der Waals surface area contributed by atoms with Gasteiger partial charge in [-0.2, -0.15) is 4.31 Å². The summed E-state index contributed by atoms with van der Waals surface area (Å²) in [5.41, 5.74) is 0.635. The summed E-state index contributed by atoms with van der Waals surface area (Å²) in [5.74, 6) is -0.971. The summed E-state index contributed by atoms with van der Waals surface area (Å²) in [6.07, 6.45) is -0.218. The molecule has 0 saturated carbocycles. The summed E-state index contributed by atoms with van der Waals surface area (Å²) in [7, 11) is -3.79. The Labute approximate surface area is 191 Å². The number of benzene rings is 2. The molecule has 3 aromatic rings. The second kappa shape index (κ2) is 9.12. The zero-order chi connectivity index (χ0) is 23.8. The quantitative estimate of drug-likeness (QED) is 0.579. The second-order valence-electron chi connectivity index (χ2n) is 7.97. The third kappa shape index (κ3) is 4.59. The van der Waals surface area contributed by atoms with Crippen LogP contribution in [0.4, 0.5) is 10.1 Å². The van der Waals surface area contributed by atoms with E-state index in [1.165, 1.54) is 34.6 Å². The van der Waals surface area contributed by atoms with Crippen LogP contribution in [0.15, 0.2) is 45.7 Å². The zero-order valence-corrected chi connectivity index (χ0v) is 19.4. The number of ether oxygens (including phenoxy) is 2. The Morgan fingerprint density at radius 1 is 1.18 bits per heavy atom. The predicted molar refractivity (Wildman–Crippen MR) is 121 cm³/mol. The maximum atomic E-state index is 14.1. The minimum atomic E-state index is -3.79. The lowest BCUT2D eigenvalue weighted by Gasteiger charge is -2.26. The number of sulfonamides is 1. The fraction of sp³-hybridized carbons (Fsp3) is 0.348. The van der Waals surface area contributed by atoms with Gasteiger partial charge in [0.05, 0.1) is 29.9 Å². The molecule has 0 spiro atoms. The lowest BCUT2D eigenvalue weighted by molar-refractivity contribution is 0.0730. The van der Waals surface area contributed by atoms with Gasteiger partial charge in [0.15, 0.2) is 17.2 Å². The second-order valence-corrected chi connectivity index (χ2v) is 9.91. The van der Waals surface area contributed by atoms with E-state index < -0.39 is 21.7 Å². The van der Waals surface area contributed by atoms with E-state index in [9.17, 15) is 17.6 Å². The molecule has 0 radical (unpaired) electrons. The average molecular weight is 477 g/mol. The van der Waals surface area contributed by atoms with Crippen LogP contribution >= 0.6 is 0 Å². The standard InChI is InChI=1S/C23H25FN2O6S/c1-14(2)31-20-8-7-16(33(28,29)26-9-11-30-12-10-26)13-19(20)25-23(27)21-15(3)17-5-4-6-18(24)22(17)32-21/h4-8,13-14H,9-12H2,1-3H3,(H,25,27). The molecule has 8 nitrogen and oxygen atoms in total. The van der Waals surface area contributed by atoms with Gasteiger partial charge < -0.3 is 19.2 Å².